The molecule has 0 aromatic carbocycles. The molecule has 0 fully saturated rings. The molecule has 0 saturated heterocycles. The summed E-state index contributed by atoms with van der Waals surface area (Å²) in [5, 5.41) is 12.8. The predicted octanol–water partition coefficient (Wildman–Crippen LogP) is 1.73. The second-order valence-electron chi connectivity index (χ2n) is 2.98. The average Bonchev–Trinajstić information content (AvgIpc) is 2.72. The third kappa shape index (κ3) is 2.04. The lowest BCUT2D eigenvalue weighted by molar-refractivity contribution is -0.136. The second kappa shape index (κ2) is 3.82. The lowest BCUT2D eigenvalue weighted by Gasteiger charge is -1.89. The number of carbonyl (C=O) groups is 1. The zero-order valence-electron chi connectivity index (χ0n) is 7.93. The maximum atomic E-state index is 10.5. The number of carboxylic acid groups (broad SMARTS) is 1. The van der Waals surface area contributed by atoms with Crippen LogP contribution in [0.4, 0.5) is 0 Å². The van der Waals surface area contributed by atoms with E-state index in [2.05, 4.69) is 10.1 Å². The summed E-state index contributed by atoms with van der Waals surface area (Å²) in [6, 6.07) is 0. The third-order valence-corrected chi connectivity index (χ3v) is 2.90. The fourth-order valence-electron chi connectivity index (χ4n) is 1.18. The normalized spacial score (nSPS) is 10.5. The van der Waals surface area contributed by atoms with E-state index < -0.39 is 5.97 Å². The number of hydrogen-bond acceptors (Lipinski definition) is 5. The molecule has 0 aliphatic carbocycles. The number of thiazole rings is 1. The number of hydrogen-bond donors (Lipinski definition) is 1. The molecule has 0 aliphatic rings. The highest BCUT2D eigenvalue weighted by Crippen LogP contribution is 2.28. The minimum absolute atomic E-state index is 0.0466. The molecule has 2 rings (SSSR count). The Morgan fingerprint density at radius 2 is 2.40 bits per heavy atom. The molecule has 2 heterocycles. The van der Waals surface area contributed by atoms with Crippen molar-refractivity contribution < 1.29 is 14.4 Å². The highest BCUT2D eigenvalue weighted by molar-refractivity contribution is 7.15. The van der Waals surface area contributed by atoms with Crippen molar-refractivity contribution in [3.05, 3.63) is 23.2 Å². The quantitative estimate of drug-likeness (QED) is 0.859. The molecule has 2 aromatic rings. The molecule has 5 nitrogen and oxygen atoms in total. The number of aliphatic carboxylic acids is 1. The Morgan fingerprint density at radius 3 is 3.00 bits per heavy atom. The third-order valence-electron chi connectivity index (χ3n) is 1.87. The van der Waals surface area contributed by atoms with Crippen LogP contribution in [0.1, 0.15) is 10.8 Å². The summed E-state index contributed by atoms with van der Waals surface area (Å²) in [6.07, 6.45) is 3.20. The Bertz CT molecular complexity index is 489. The van der Waals surface area contributed by atoms with Gasteiger partial charge in [-0.1, -0.05) is 5.16 Å². The summed E-state index contributed by atoms with van der Waals surface area (Å²) >= 11 is 1.34. The molecular weight excluding hydrogens is 216 g/mol. The van der Waals surface area contributed by atoms with Crippen molar-refractivity contribution >= 4 is 17.3 Å². The molecule has 2 aromatic heterocycles. The Labute approximate surface area is 89.4 Å². The molecule has 6 heteroatoms. The van der Waals surface area contributed by atoms with Crippen LogP contribution in [0, 0.1) is 6.92 Å². The van der Waals surface area contributed by atoms with Crippen LogP contribution in [0.25, 0.3) is 10.4 Å². The van der Waals surface area contributed by atoms with E-state index in [9.17, 15) is 4.79 Å². The molecule has 0 amide bonds. The van der Waals surface area contributed by atoms with Gasteiger partial charge >= 0.3 is 5.97 Å². The van der Waals surface area contributed by atoms with Gasteiger partial charge in [-0.3, -0.25) is 4.79 Å². The summed E-state index contributed by atoms with van der Waals surface area (Å²) in [5.41, 5.74) is 0.865. The van der Waals surface area contributed by atoms with Gasteiger partial charge in [0.1, 0.15) is 10.8 Å². The Morgan fingerprint density at radius 1 is 1.60 bits per heavy atom. The first kappa shape index (κ1) is 9.85. The highest BCUT2D eigenvalue weighted by atomic mass is 32.1. The molecule has 78 valence electrons. The van der Waals surface area contributed by atoms with Crippen LogP contribution in [0.3, 0.4) is 0 Å². The van der Waals surface area contributed by atoms with Crippen molar-refractivity contribution in [2.45, 2.75) is 13.3 Å². The first-order chi connectivity index (χ1) is 7.16. The fourth-order valence-corrected chi connectivity index (χ4v) is 2.15. The number of carboxylic acids is 1. The van der Waals surface area contributed by atoms with Crippen molar-refractivity contribution in [1.29, 1.82) is 0 Å². The van der Waals surface area contributed by atoms with Gasteiger partial charge in [-0.05, 0) is 6.92 Å². The molecule has 0 spiro atoms. The van der Waals surface area contributed by atoms with Crippen molar-refractivity contribution in [3.8, 4) is 10.4 Å². The van der Waals surface area contributed by atoms with Crippen molar-refractivity contribution in [2.24, 2.45) is 0 Å². The number of aromatic nitrogens is 2. The van der Waals surface area contributed by atoms with Crippen LogP contribution in [-0.4, -0.2) is 21.2 Å². The van der Waals surface area contributed by atoms with Gasteiger partial charge < -0.3 is 9.63 Å². The van der Waals surface area contributed by atoms with E-state index in [1.165, 1.54) is 11.3 Å². The van der Waals surface area contributed by atoms with Crippen molar-refractivity contribution in [2.75, 3.05) is 0 Å². The van der Waals surface area contributed by atoms with Gasteiger partial charge in [-0.25, -0.2) is 4.98 Å². The van der Waals surface area contributed by atoms with Gasteiger partial charge in [0.05, 0.1) is 23.1 Å². The summed E-state index contributed by atoms with van der Waals surface area (Å²) in [6.45, 7) is 1.80. The van der Waals surface area contributed by atoms with E-state index in [0.29, 0.717) is 10.8 Å². The Balaban J connectivity index is 2.28. The smallest absolute Gasteiger partial charge is 0.310 e. The SMILES string of the molecule is Cc1oncc1-c1cnc(CC(=O)O)s1. The Hall–Kier alpha value is -1.69. The lowest BCUT2D eigenvalue weighted by Crippen LogP contribution is -1.98. The van der Waals surface area contributed by atoms with E-state index >= 15 is 0 Å². The minimum atomic E-state index is -0.877. The van der Waals surface area contributed by atoms with Crippen LogP contribution in [-0.2, 0) is 11.2 Å². The summed E-state index contributed by atoms with van der Waals surface area (Å²) in [7, 11) is 0. The van der Waals surface area contributed by atoms with Crippen molar-refractivity contribution in [1.82, 2.24) is 10.1 Å². The maximum Gasteiger partial charge on any atom is 0.310 e. The van der Waals surface area contributed by atoms with Gasteiger partial charge in [0.25, 0.3) is 0 Å². The molecule has 1 N–H and O–H groups in total. The monoisotopic (exact) mass is 224 g/mol. The van der Waals surface area contributed by atoms with Crippen LogP contribution in [0.15, 0.2) is 16.9 Å². The first-order valence-electron chi connectivity index (χ1n) is 4.25. The van der Waals surface area contributed by atoms with E-state index in [1.807, 2.05) is 0 Å². The van der Waals surface area contributed by atoms with Gasteiger partial charge in [-0.2, -0.15) is 0 Å². The van der Waals surface area contributed by atoms with Gasteiger partial charge in [0, 0.05) is 6.20 Å². The first-order valence-corrected chi connectivity index (χ1v) is 5.06. The maximum absolute atomic E-state index is 10.5. The molecule has 0 radical (unpaired) electrons. The van der Waals surface area contributed by atoms with E-state index in [0.717, 1.165) is 10.4 Å². The molecule has 0 atom stereocenters. The van der Waals surface area contributed by atoms with Crippen LogP contribution < -0.4 is 0 Å². The van der Waals surface area contributed by atoms with Gasteiger partial charge in [0.15, 0.2) is 0 Å². The van der Waals surface area contributed by atoms with E-state index in [-0.39, 0.29) is 6.42 Å². The fraction of sp³-hybridized carbons (Fsp3) is 0.222. The number of rotatable bonds is 3. The molecule has 0 saturated carbocycles. The largest absolute Gasteiger partial charge is 0.481 e. The molecule has 0 aliphatic heterocycles. The second-order valence-corrected chi connectivity index (χ2v) is 4.10. The predicted molar refractivity (Wildman–Crippen MR) is 53.7 cm³/mol. The molecule has 0 bridgehead atoms. The molecular formula is C9H8N2O3S. The zero-order valence-corrected chi connectivity index (χ0v) is 8.74. The molecule has 15 heavy (non-hydrogen) atoms. The topological polar surface area (TPSA) is 76.2 Å². The zero-order chi connectivity index (χ0) is 10.8. The summed E-state index contributed by atoms with van der Waals surface area (Å²) < 4.78 is 4.92. The van der Waals surface area contributed by atoms with Gasteiger partial charge in [-0.15, -0.1) is 11.3 Å². The minimum Gasteiger partial charge on any atom is -0.481 e. The summed E-state index contributed by atoms with van der Waals surface area (Å²) in [5.74, 6) is -0.168. The highest BCUT2D eigenvalue weighted by Gasteiger charge is 2.11. The number of aryl methyl sites for hydroxylation is 1. The molecule has 0 unspecified atom stereocenters. The van der Waals surface area contributed by atoms with E-state index in [1.54, 1.807) is 19.3 Å². The van der Waals surface area contributed by atoms with Crippen molar-refractivity contribution in [3.63, 3.8) is 0 Å². The van der Waals surface area contributed by atoms with Crippen LogP contribution in [0.5, 0.6) is 0 Å². The number of nitrogens with zero attached hydrogens (tertiary/aromatic N) is 2. The average molecular weight is 224 g/mol. The van der Waals surface area contributed by atoms with Crippen LogP contribution in [0.2, 0.25) is 0 Å². The van der Waals surface area contributed by atoms with Gasteiger partial charge in [0.2, 0.25) is 0 Å². The standard InChI is InChI=1S/C9H8N2O3S/c1-5-6(3-11-14-5)7-4-10-8(15-7)2-9(12)13/h3-4H,2H2,1H3,(H,12,13). The summed E-state index contributed by atoms with van der Waals surface area (Å²) in [4.78, 5) is 15.4. The van der Waals surface area contributed by atoms with E-state index in [4.69, 9.17) is 9.63 Å². The Kier molecular flexibility index (Phi) is 2.51. The lowest BCUT2D eigenvalue weighted by atomic mass is 10.2. The van der Waals surface area contributed by atoms with Crippen LogP contribution >= 0.6 is 11.3 Å².